The van der Waals surface area contributed by atoms with Crippen molar-refractivity contribution in [2.24, 2.45) is 5.16 Å². The highest BCUT2D eigenvalue weighted by atomic mass is 16.6. The first-order valence-electron chi connectivity index (χ1n) is 11.1. The number of oxime groups is 1. The van der Waals surface area contributed by atoms with E-state index in [0.29, 0.717) is 13.1 Å². The lowest BCUT2D eigenvalue weighted by molar-refractivity contribution is 0.0213. The molecule has 32 heavy (non-hydrogen) atoms. The van der Waals surface area contributed by atoms with Gasteiger partial charge in [-0.25, -0.2) is 0 Å². The van der Waals surface area contributed by atoms with Crippen molar-refractivity contribution >= 4 is 5.71 Å². The molecule has 0 saturated carbocycles. The lowest BCUT2D eigenvalue weighted by atomic mass is 10.00. The maximum absolute atomic E-state index is 10.7. The van der Waals surface area contributed by atoms with Crippen LogP contribution in [0.5, 0.6) is 5.75 Å². The smallest absolute Gasteiger partial charge is 0.145 e. The second kappa shape index (κ2) is 10.9. The third-order valence-corrected chi connectivity index (χ3v) is 5.55. The van der Waals surface area contributed by atoms with Crippen LogP contribution in [0.3, 0.4) is 0 Å². The Hall–Kier alpha value is -3.15. The number of aliphatic hydroxyl groups is 1. The monoisotopic (exact) mass is 430 g/mol. The molecule has 0 radical (unpaired) electrons. The van der Waals surface area contributed by atoms with Crippen molar-refractivity contribution in [2.45, 2.75) is 32.1 Å². The number of para-hydroxylation sites is 1. The molecule has 0 unspecified atom stereocenters. The van der Waals surface area contributed by atoms with Crippen LogP contribution in [0.1, 0.15) is 23.1 Å². The Kier molecular flexibility index (Phi) is 7.54. The molecule has 0 aliphatic carbocycles. The van der Waals surface area contributed by atoms with Crippen molar-refractivity contribution in [1.29, 1.82) is 0 Å². The van der Waals surface area contributed by atoms with Gasteiger partial charge in [0.05, 0.1) is 5.71 Å². The van der Waals surface area contributed by atoms with Crippen molar-refractivity contribution in [3.05, 3.63) is 102 Å². The van der Waals surface area contributed by atoms with E-state index >= 15 is 0 Å². The quantitative estimate of drug-likeness (QED) is 0.517. The fraction of sp³-hybridized carbons (Fsp3) is 0.296. The number of aryl methyl sites for hydroxylation is 1. The summed E-state index contributed by atoms with van der Waals surface area (Å²) >= 11 is 0. The Bertz CT molecular complexity index is 1010. The van der Waals surface area contributed by atoms with Crippen molar-refractivity contribution in [3.8, 4) is 5.75 Å². The Morgan fingerprint density at radius 3 is 2.44 bits per heavy atom. The Labute approximate surface area is 189 Å². The van der Waals surface area contributed by atoms with Crippen molar-refractivity contribution in [1.82, 2.24) is 4.90 Å². The summed E-state index contributed by atoms with van der Waals surface area (Å²) in [5, 5.41) is 15.0. The Morgan fingerprint density at radius 1 is 1.00 bits per heavy atom. The van der Waals surface area contributed by atoms with Gasteiger partial charge in [-0.1, -0.05) is 78.0 Å². The minimum absolute atomic E-state index is 0.0458. The summed E-state index contributed by atoms with van der Waals surface area (Å²) in [7, 11) is 0. The maximum Gasteiger partial charge on any atom is 0.145 e. The highest BCUT2D eigenvalue weighted by Gasteiger charge is 2.26. The van der Waals surface area contributed by atoms with E-state index < -0.39 is 6.10 Å². The summed E-state index contributed by atoms with van der Waals surface area (Å²) in [5.41, 5.74) is 4.52. The molecule has 5 nitrogen and oxygen atoms in total. The average molecular weight is 431 g/mol. The van der Waals surface area contributed by atoms with Crippen LogP contribution in [-0.4, -0.2) is 47.6 Å². The maximum atomic E-state index is 10.7. The predicted octanol–water partition coefficient (Wildman–Crippen LogP) is 4.43. The second-order valence-electron chi connectivity index (χ2n) is 8.24. The van der Waals surface area contributed by atoms with Crippen molar-refractivity contribution in [2.75, 3.05) is 19.7 Å². The minimum Gasteiger partial charge on any atom is -0.491 e. The van der Waals surface area contributed by atoms with Crippen LogP contribution in [0.4, 0.5) is 0 Å². The fourth-order valence-electron chi connectivity index (χ4n) is 3.98. The lowest BCUT2D eigenvalue weighted by Crippen LogP contribution is -2.39. The zero-order valence-corrected chi connectivity index (χ0v) is 18.4. The number of hydrogen-bond acceptors (Lipinski definition) is 5. The molecule has 1 N–H and O–H groups in total. The van der Waals surface area contributed by atoms with Crippen LogP contribution in [-0.2, 0) is 11.4 Å². The molecule has 2 atom stereocenters. The summed E-state index contributed by atoms with van der Waals surface area (Å²) in [4.78, 5) is 8.01. The molecule has 4 rings (SSSR count). The van der Waals surface area contributed by atoms with E-state index in [4.69, 9.17) is 9.57 Å². The van der Waals surface area contributed by atoms with Gasteiger partial charge in [-0.3, -0.25) is 4.90 Å². The summed E-state index contributed by atoms with van der Waals surface area (Å²) in [6.07, 6.45) is 0.0971. The van der Waals surface area contributed by atoms with Gasteiger partial charge in [0.1, 0.15) is 24.6 Å². The van der Waals surface area contributed by atoms with Gasteiger partial charge < -0.3 is 14.7 Å². The topological polar surface area (TPSA) is 54.3 Å². The van der Waals surface area contributed by atoms with Crippen LogP contribution in [0.2, 0.25) is 0 Å². The predicted molar refractivity (Wildman–Crippen MR) is 127 cm³/mol. The summed E-state index contributed by atoms with van der Waals surface area (Å²) in [6, 6.07) is 28.1. The Morgan fingerprint density at radius 2 is 1.69 bits per heavy atom. The largest absolute Gasteiger partial charge is 0.491 e. The third-order valence-electron chi connectivity index (χ3n) is 5.55. The summed E-state index contributed by atoms with van der Waals surface area (Å²) in [5.74, 6) is 0.761. The minimum atomic E-state index is -0.614. The number of rotatable bonds is 10. The number of benzene rings is 3. The van der Waals surface area contributed by atoms with E-state index in [1.807, 2.05) is 60.7 Å². The molecule has 0 bridgehead atoms. The number of nitrogens with zero attached hydrogens (tertiary/aromatic N) is 2. The number of hydrogen-bond donors (Lipinski definition) is 1. The van der Waals surface area contributed by atoms with Gasteiger partial charge in [0, 0.05) is 31.6 Å². The highest BCUT2D eigenvalue weighted by Crippen LogP contribution is 2.21. The van der Waals surface area contributed by atoms with E-state index in [0.717, 1.165) is 30.0 Å². The van der Waals surface area contributed by atoms with Gasteiger partial charge in [-0.05, 0) is 30.2 Å². The van der Waals surface area contributed by atoms with Crippen molar-refractivity contribution < 1.29 is 14.7 Å². The molecule has 0 fully saturated rings. The van der Waals surface area contributed by atoms with Gasteiger partial charge in [-0.15, -0.1) is 0 Å². The normalized spacial score (nSPS) is 16.5. The SMILES string of the molecule is Cc1ccccc1C1=NO[C@H](CN(Cc2ccccc2)C[C@@H](O)COc2ccccc2)C1. The van der Waals surface area contributed by atoms with Crippen molar-refractivity contribution in [3.63, 3.8) is 0 Å². The molecule has 3 aromatic carbocycles. The van der Waals surface area contributed by atoms with Crippen LogP contribution in [0.25, 0.3) is 0 Å². The van der Waals surface area contributed by atoms with Gasteiger partial charge >= 0.3 is 0 Å². The molecule has 1 aliphatic heterocycles. The standard InChI is InChI=1S/C27H30N2O3/c1-21-10-8-9-15-26(21)27-16-25(32-28-27)19-29(17-22-11-4-2-5-12-22)18-23(30)20-31-24-13-6-3-7-14-24/h2-15,23,25,30H,16-20H2,1H3/t23-,25+/m1/s1. The van der Waals surface area contributed by atoms with E-state index in [1.165, 1.54) is 11.1 Å². The zero-order chi connectivity index (χ0) is 22.2. The lowest BCUT2D eigenvalue weighted by Gasteiger charge is -2.27. The average Bonchev–Trinajstić information content (AvgIpc) is 3.27. The molecule has 0 amide bonds. The molecule has 0 aromatic heterocycles. The first-order chi connectivity index (χ1) is 15.7. The molecule has 1 aliphatic rings. The van der Waals surface area contributed by atoms with Crippen LogP contribution in [0.15, 0.2) is 90.1 Å². The number of ether oxygens (including phenoxy) is 1. The van der Waals surface area contributed by atoms with Gasteiger partial charge in [0.2, 0.25) is 0 Å². The number of aliphatic hydroxyl groups excluding tert-OH is 1. The zero-order valence-electron chi connectivity index (χ0n) is 18.4. The van der Waals surface area contributed by atoms with E-state index in [2.05, 4.69) is 41.2 Å². The first-order valence-corrected chi connectivity index (χ1v) is 11.1. The summed E-state index contributed by atoms with van der Waals surface area (Å²) < 4.78 is 5.75. The molecule has 0 saturated heterocycles. The summed E-state index contributed by atoms with van der Waals surface area (Å²) in [6.45, 7) is 4.22. The molecule has 5 heteroatoms. The molecule has 166 valence electrons. The molecule has 0 spiro atoms. The van der Waals surface area contributed by atoms with Crippen LogP contribution in [0, 0.1) is 6.92 Å². The second-order valence-corrected chi connectivity index (χ2v) is 8.24. The molecule has 1 heterocycles. The molecule has 3 aromatic rings. The Balaban J connectivity index is 1.37. The van der Waals surface area contributed by atoms with Gasteiger partial charge in [-0.2, -0.15) is 0 Å². The molecular formula is C27H30N2O3. The van der Waals surface area contributed by atoms with Gasteiger partial charge in [0.25, 0.3) is 0 Å². The first kappa shape index (κ1) is 22.1. The molecular weight excluding hydrogens is 400 g/mol. The van der Waals surface area contributed by atoms with E-state index in [9.17, 15) is 5.11 Å². The highest BCUT2D eigenvalue weighted by molar-refractivity contribution is 6.02. The fourth-order valence-corrected chi connectivity index (χ4v) is 3.98. The van der Waals surface area contributed by atoms with E-state index in [-0.39, 0.29) is 12.7 Å². The van der Waals surface area contributed by atoms with Crippen LogP contribution < -0.4 is 4.74 Å². The third kappa shape index (κ3) is 6.19. The van der Waals surface area contributed by atoms with Crippen LogP contribution >= 0.6 is 0 Å². The van der Waals surface area contributed by atoms with E-state index in [1.54, 1.807) is 0 Å². The van der Waals surface area contributed by atoms with Gasteiger partial charge in [0.15, 0.2) is 0 Å².